The molecule has 1 aliphatic carbocycles. The van der Waals surface area contributed by atoms with E-state index >= 15 is 0 Å². The van der Waals surface area contributed by atoms with E-state index < -0.39 is 0 Å². The number of benzene rings is 1. The Hall–Kier alpha value is -1.11. The van der Waals surface area contributed by atoms with E-state index in [4.69, 9.17) is 0 Å². The van der Waals surface area contributed by atoms with Crippen molar-refractivity contribution in [2.24, 2.45) is 0 Å². The van der Waals surface area contributed by atoms with E-state index in [0.29, 0.717) is 12.2 Å². The Labute approximate surface area is 78.8 Å². The summed E-state index contributed by atoms with van der Waals surface area (Å²) in [7, 11) is 0. The first-order chi connectivity index (χ1) is 6.27. The third-order valence-corrected chi connectivity index (χ3v) is 2.78. The van der Waals surface area contributed by atoms with Crippen LogP contribution in [0.5, 0.6) is 0 Å². The van der Waals surface area contributed by atoms with Gasteiger partial charge in [0.2, 0.25) is 0 Å². The average Bonchev–Trinajstić information content (AvgIpc) is 2.28. The first-order valence-electron chi connectivity index (χ1n) is 4.86. The maximum atomic E-state index is 11.4. The van der Waals surface area contributed by atoms with E-state index in [1.54, 1.807) is 0 Å². The third-order valence-electron chi connectivity index (χ3n) is 2.78. The summed E-state index contributed by atoms with van der Waals surface area (Å²) >= 11 is 0. The van der Waals surface area contributed by atoms with Gasteiger partial charge in [-0.15, -0.1) is 0 Å². The van der Waals surface area contributed by atoms with Crippen LogP contribution in [0.1, 0.15) is 29.5 Å². The summed E-state index contributed by atoms with van der Waals surface area (Å²) in [5.41, 5.74) is 3.93. The molecule has 0 spiro atoms. The molecule has 1 aromatic carbocycles. The molecule has 0 saturated heterocycles. The van der Waals surface area contributed by atoms with Crippen LogP contribution in [0, 0.1) is 6.92 Å². The first-order valence-corrected chi connectivity index (χ1v) is 4.86. The van der Waals surface area contributed by atoms with Crippen molar-refractivity contribution in [3.05, 3.63) is 34.9 Å². The Balaban J connectivity index is 2.46. The maximum absolute atomic E-state index is 11.4. The van der Waals surface area contributed by atoms with Gasteiger partial charge in [0.1, 0.15) is 5.78 Å². The highest BCUT2D eigenvalue weighted by molar-refractivity contribution is 5.82. The highest BCUT2D eigenvalue weighted by Gasteiger charge is 2.14. The fourth-order valence-electron chi connectivity index (χ4n) is 2.01. The van der Waals surface area contributed by atoms with Crippen molar-refractivity contribution in [3.8, 4) is 0 Å². The number of ketones is 1. The van der Waals surface area contributed by atoms with Gasteiger partial charge in [0.15, 0.2) is 0 Å². The molecular weight excluding hydrogens is 160 g/mol. The third kappa shape index (κ3) is 1.64. The number of carbonyl (C=O) groups is 1. The Kier molecular flexibility index (Phi) is 2.17. The van der Waals surface area contributed by atoms with Gasteiger partial charge in [-0.1, -0.05) is 18.2 Å². The van der Waals surface area contributed by atoms with Crippen molar-refractivity contribution in [2.75, 3.05) is 0 Å². The Morgan fingerprint density at radius 2 is 2.08 bits per heavy atom. The average molecular weight is 174 g/mol. The molecule has 1 aliphatic rings. The summed E-state index contributed by atoms with van der Waals surface area (Å²) in [5, 5.41) is 0. The summed E-state index contributed by atoms with van der Waals surface area (Å²) in [5.74, 6) is 0.396. The van der Waals surface area contributed by atoms with Crippen LogP contribution in [0.3, 0.4) is 0 Å². The van der Waals surface area contributed by atoms with E-state index in [1.807, 2.05) is 0 Å². The van der Waals surface area contributed by atoms with Crippen molar-refractivity contribution in [1.29, 1.82) is 0 Å². The molecule has 0 aromatic heterocycles. The SMILES string of the molecule is Cc1cccc2c1CC(=O)CCC2. The van der Waals surface area contributed by atoms with Gasteiger partial charge in [-0.3, -0.25) is 4.79 Å². The van der Waals surface area contributed by atoms with Crippen LogP contribution in [0.25, 0.3) is 0 Å². The molecule has 0 saturated carbocycles. The number of carbonyl (C=O) groups excluding carboxylic acids is 1. The highest BCUT2D eigenvalue weighted by atomic mass is 16.1. The van der Waals surface area contributed by atoms with E-state index in [9.17, 15) is 4.79 Å². The van der Waals surface area contributed by atoms with Gasteiger partial charge in [-0.25, -0.2) is 0 Å². The van der Waals surface area contributed by atoms with Crippen molar-refractivity contribution in [2.45, 2.75) is 32.6 Å². The lowest BCUT2D eigenvalue weighted by molar-refractivity contribution is -0.118. The molecule has 0 unspecified atom stereocenters. The van der Waals surface area contributed by atoms with Crippen molar-refractivity contribution >= 4 is 5.78 Å². The molecule has 13 heavy (non-hydrogen) atoms. The van der Waals surface area contributed by atoms with E-state index in [2.05, 4.69) is 25.1 Å². The predicted molar refractivity (Wildman–Crippen MR) is 52.8 cm³/mol. The molecular formula is C12H14O. The molecule has 1 nitrogen and oxygen atoms in total. The van der Waals surface area contributed by atoms with Crippen LogP contribution in [0.2, 0.25) is 0 Å². The second-order valence-corrected chi connectivity index (χ2v) is 3.78. The van der Waals surface area contributed by atoms with Gasteiger partial charge in [-0.05, 0) is 36.5 Å². The topological polar surface area (TPSA) is 17.1 Å². The summed E-state index contributed by atoms with van der Waals surface area (Å²) in [6.07, 6.45) is 3.51. The molecule has 2 rings (SSSR count). The van der Waals surface area contributed by atoms with Crippen molar-refractivity contribution in [1.82, 2.24) is 0 Å². The molecule has 0 radical (unpaired) electrons. The van der Waals surface area contributed by atoms with Gasteiger partial charge < -0.3 is 0 Å². The van der Waals surface area contributed by atoms with Gasteiger partial charge >= 0.3 is 0 Å². The fourth-order valence-corrected chi connectivity index (χ4v) is 2.01. The van der Waals surface area contributed by atoms with Gasteiger partial charge in [0.25, 0.3) is 0 Å². The largest absolute Gasteiger partial charge is 0.299 e. The second-order valence-electron chi connectivity index (χ2n) is 3.78. The Morgan fingerprint density at radius 1 is 1.23 bits per heavy atom. The molecule has 1 aromatic rings. The minimum atomic E-state index is 0.396. The Bertz CT molecular complexity index is 339. The number of rotatable bonds is 0. The maximum Gasteiger partial charge on any atom is 0.137 e. The number of Topliss-reactive ketones (excluding diaryl/α,β-unsaturated/α-hetero) is 1. The summed E-state index contributed by atoms with van der Waals surface area (Å²) in [6, 6.07) is 6.34. The first kappa shape index (κ1) is 8.49. The smallest absolute Gasteiger partial charge is 0.137 e. The monoisotopic (exact) mass is 174 g/mol. The van der Waals surface area contributed by atoms with Gasteiger partial charge in [0.05, 0.1) is 0 Å². The predicted octanol–water partition coefficient (Wildman–Crippen LogP) is 2.44. The lowest BCUT2D eigenvalue weighted by Gasteiger charge is -2.07. The van der Waals surface area contributed by atoms with E-state index in [0.717, 1.165) is 19.3 Å². The molecule has 0 aliphatic heterocycles. The lowest BCUT2D eigenvalue weighted by atomic mass is 9.98. The Morgan fingerprint density at radius 3 is 2.92 bits per heavy atom. The summed E-state index contributed by atoms with van der Waals surface area (Å²) in [4.78, 5) is 11.4. The van der Waals surface area contributed by atoms with E-state index in [1.165, 1.54) is 16.7 Å². The molecule has 0 N–H and O–H groups in total. The fraction of sp³-hybridized carbons (Fsp3) is 0.417. The molecule has 0 fully saturated rings. The zero-order valence-electron chi connectivity index (χ0n) is 7.97. The second kappa shape index (κ2) is 3.33. The number of fused-ring (bicyclic) bond motifs is 1. The molecule has 0 atom stereocenters. The minimum absolute atomic E-state index is 0.396. The van der Waals surface area contributed by atoms with Crippen molar-refractivity contribution < 1.29 is 4.79 Å². The summed E-state index contributed by atoms with van der Waals surface area (Å²) in [6.45, 7) is 2.09. The summed E-state index contributed by atoms with van der Waals surface area (Å²) < 4.78 is 0. The molecule has 0 amide bonds. The zero-order chi connectivity index (χ0) is 9.26. The highest BCUT2D eigenvalue weighted by Crippen LogP contribution is 2.21. The number of hydrogen-bond acceptors (Lipinski definition) is 1. The van der Waals surface area contributed by atoms with Crippen molar-refractivity contribution in [3.63, 3.8) is 0 Å². The quantitative estimate of drug-likeness (QED) is 0.552. The normalized spacial score (nSPS) is 16.5. The van der Waals surface area contributed by atoms with Crippen LogP contribution in [-0.4, -0.2) is 5.78 Å². The number of aryl methyl sites for hydroxylation is 2. The minimum Gasteiger partial charge on any atom is -0.299 e. The van der Waals surface area contributed by atoms with Crippen LogP contribution in [0.15, 0.2) is 18.2 Å². The van der Waals surface area contributed by atoms with Gasteiger partial charge in [0, 0.05) is 12.8 Å². The standard InChI is InChI=1S/C12H14O/c1-9-4-2-5-10-6-3-7-11(13)8-12(9)10/h2,4-5H,3,6-8H2,1H3. The number of hydrogen-bond donors (Lipinski definition) is 0. The van der Waals surface area contributed by atoms with E-state index in [-0.39, 0.29) is 0 Å². The van der Waals surface area contributed by atoms with Gasteiger partial charge in [-0.2, -0.15) is 0 Å². The van der Waals surface area contributed by atoms with Crippen LogP contribution in [-0.2, 0) is 17.6 Å². The lowest BCUT2D eigenvalue weighted by Crippen LogP contribution is -2.01. The molecule has 1 heteroatoms. The molecule has 68 valence electrons. The van der Waals surface area contributed by atoms with Crippen LogP contribution >= 0.6 is 0 Å². The van der Waals surface area contributed by atoms with Crippen LogP contribution in [0.4, 0.5) is 0 Å². The molecule has 0 heterocycles. The molecule has 0 bridgehead atoms. The van der Waals surface area contributed by atoms with Crippen LogP contribution < -0.4 is 0 Å². The zero-order valence-corrected chi connectivity index (χ0v) is 7.97.